The van der Waals surface area contributed by atoms with Gasteiger partial charge in [-0.15, -0.1) is 0 Å². The maximum Gasteiger partial charge on any atom is 0.419 e. The minimum atomic E-state index is -4.77. The van der Waals surface area contributed by atoms with Gasteiger partial charge in [-0.05, 0) is 31.2 Å². The normalized spacial score (nSPS) is 15.8. The zero-order chi connectivity index (χ0) is 23.2. The van der Waals surface area contributed by atoms with Crippen molar-refractivity contribution in [3.63, 3.8) is 0 Å². The minimum Gasteiger partial charge on any atom is -0.378 e. The summed E-state index contributed by atoms with van der Waals surface area (Å²) in [6.07, 6.45) is -1.36. The number of nitrogens with one attached hydrogen (secondary N) is 1. The molecule has 1 saturated heterocycles. The molecule has 1 fully saturated rings. The summed E-state index contributed by atoms with van der Waals surface area (Å²) in [7, 11) is 0. The van der Waals surface area contributed by atoms with Gasteiger partial charge < -0.3 is 15.0 Å². The highest BCUT2D eigenvalue weighted by Gasteiger charge is 2.35. The Balaban J connectivity index is 1.58. The first kappa shape index (κ1) is 21.4. The molecule has 0 amide bonds. The quantitative estimate of drug-likeness (QED) is 0.433. The SMILES string of the molecule is C[C@@H](Nc1nc2nccn2c2ccc(N3CCOCC3)cc12)c1cccc(C(F)(F)F)c1F. The van der Waals surface area contributed by atoms with Crippen LogP contribution < -0.4 is 10.2 Å². The maximum absolute atomic E-state index is 14.7. The fourth-order valence-corrected chi connectivity index (χ4v) is 4.16. The number of hydrogen-bond donors (Lipinski definition) is 1. The highest BCUT2D eigenvalue weighted by Crippen LogP contribution is 2.35. The Morgan fingerprint density at radius 1 is 1.12 bits per heavy atom. The fraction of sp³-hybridized carbons (Fsp3) is 0.304. The van der Waals surface area contributed by atoms with Crippen molar-refractivity contribution in [2.24, 2.45) is 0 Å². The predicted molar refractivity (Wildman–Crippen MR) is 117 cm³/mol. The molecule has 1 aliphatic rings. The van der Waals surface area contributed by atoms with Crippen LogP contribution in [0.25, 0.3) is 16.7 Å². The smallest absolute Gasteiger partial charge is 0.378 e. The van der Waals surface area contributed by atoms with Crippen molar-refractivity contribution in [2.75, 3.05) is 36.5 Å². The number of benzene rings is 2. The van der Waals surface area contributed by atoms with Crippen LogP contribution in [-0.2, 0) is 10.9 Å². The van der Waals surface area contributed by atoms with Crippen LogP contribution in [0.5, 0.6) is 0 Å². The summed E-state index contributed by atoms with van der Waals surface area (Å²) in [5.74, 6) is -0.436. The van der Waals surface area contributed by atoms with Gasteiger partial charge in [-0.25, -0.2) is 9.37 Å². The molecule has 2 aromatic carbocycles. The standard InChI is InChI=1S/C23H21F4N5O/c1-14(16-3-2-4-18(20(16)24)23(25,26)27)29-21-17-13-15(31-9-11-33-12-10-31)5-6-19(17)32-8-7-28-22(32)30-21/h2-8,13-14H,9-12H2,1H3,(H,28,29,30)/t14-/m1/s1. The van der Waals surface area contributed by atoms with Gasteiger partial charge in [0.1, 0.15) is 11.6 Å². The molecule has 0 spiro atoms. The first-order valence-corrected chi connectivity index (χ1v) is 10.5. The van der Waals surface area contributed by atoms with E-state index in [4.69, 9.17) is 4.74 Å². The third-order valence-corrected chi connectivity index (χ3v) is 5.86. The average molecular weight is 459 g/mol. The number of ether oxygens (including phenoxy) is 1. The van der Waals surface area contributed by atoms with Crippen molar-refractivity contribution in [3.05, 3.63) is 65.7 Å². The lowest BCUT2D eigenvalue weighted by molar-refractivity contribution is -0.140. The molecule has 172 valence electrons. The zero-order valence-corrected chi connectivity index (χ0v) is 17.7. The van der Waals surface area contributed by atoms with Crippen molar-refractivity contribution in [3.8, 4) is 0 Å². The first-order valence-electron chi connectivity index (χ1n) is 10.5. The molecule has 5 rings (SSSR count). The Morgan fingerprint density at radius 2 is 1.91 bits per heavy atom. The highest BCUT2D eigenvalue weighted by atomic mass is 19.4. The lowest BCUT2D eigenvalue weighted by atomic mass is 10.0. The largest absolute Gasteiger partial charge is 0.419 e. The van der Waals surface area contributed by atoms with Gasteiger partial charge in [0.25, 0.3) is 0 Å². The van der Waals surface area contributed by atoms with E-state index in [1.54, 1.807) is 19.3 Å². The number of imidazole rings is 1. The number of fused-ring (bicyclic) bond motifs is 3. The Kier molecular flexibility index (Phi) is 5.32. The Bertz CT molecular complexity index is 1310. The predicted octanol–water partition coefficient (Wildman–Crippen LogP) is 5.05. The van der Waals surface area contributed by atoms with Gasteiger partial charge in [-0.1, -0.05) is 12.1 Å². The van der Waals surface area contributed by atoms with Crippen LogP contribution in [0.15, 0.2) is 48.8 Å². The molecule has 1 aliphatic heterocycles. The monoisotopic (exact) mass is 459 g/mol. The van der Waals surface area contributed by atoms with E-state index in [1.165, 1.54) is 12.1 Å². The van der Waals surface area contributed by atoms with Gasteiger partial charge >= 0.3 is 6.18 Å². The molecule has 4 aromatic rings. The van der Waals surface area contributed by atoms with Crippen LogP contribution in [0.4, 0.5) is 29.1 Å². The van der Waals surface area contributed by atoms with E-state index in [2.05, 4.69) is 20.2 Å². The summed E-state index contributed by atoms with van der Waals surface area (Å²) in [5, 5.41) is 3.87. The number of rotatable bonds is 4. The molecule has 0 unspecified atom stereocenters. The summed E-state index contributed by atoms with van der Waals surface area (Å²) in [6.45, 7) is 4.37. The average Bonchev–Trinajstić information content (AvgIpc) is 3.27. The highest BCUT2D eigenvalue weighted by molar-refractivity contribution is 5.93. The van der Waals surface area contributed by atoms with Crippen LogP contribution in [0.2, 0.25) is 0 Å². The number of morpholine rings is 1. The zero-order valence-electron chi connectivity index (χ0n) is 17.7. The van der Waals surface area contributed by atoms with E-state index in [1.807, 2.05) is 22.6 Å². The third kappa shape index (κ3) is 3.95. The molecule has 0 aliphatic carbocycles. The summed E-state index contributed by atoms with van der Waals surface area (Å²) in [4.78, 5) is 11.0. The van der Waals surface area contributed by atoms with E-state index in [9.17, 15) is 17.6 Å². The van der Waals surface area contributed by atoms with E-state index < -0.39 is 23.6 Å². The number of nitrogens with zero attached hydrogens (tertiary/aromatic N) is 4. The molecule has 1 atom stereocenters. The van der Waals surface area contributed by atoms with Crippen LogP contribution in [-0.4, -0.2) is 40.7 Å². The minimum absolute atomic E-state index is 0.0904. The van der Waals surface area contributed by atoms with E-state index in [0.717, 1.165) is 35.7 Å². The van der Waals surface area contributed by atoms with Crippen molar-refractivity contribution in [1.29, 1.82) is 0 Å². The second kappa shape index (κ2) is 8.18. The molecule has 2 aromatic heterocycles. The van der Waals surface area contributed by atoms with Crippen LogP contribution in [0.3, 0.4) is 0 Å². The molecule has 1 N–H and O–H groups in total. The van der Waals surface area contributed by atoms with Gasteiger partial charge in [-0.2, -0.15) is 18.2 Å². The Labute approximate surface area is 186 Å². The van der Waals surface area contributed by atoms with Gasteiger partial charge in [0.2, 0.25) is 5.78 Å². The number of anilines is 2. The third-order valence-electron chi connectivity index (χ3n) is 5.86. The van der Waals surface area contributed by atoms with Crippen molar-refractivity contribution < 1.29 is 22.3 Å². The van der Waals surface area contributed by atoms with E-state index >= 15 is 0 Å². The molecule has 0 saturated carbocycles. The van der Waals surface area contributed by atoms with Crippen LogP contribution in [0.1, 0.15) is 24.1 Å². The molecule has 0 bridgehead atoms. The van der Waals surface area contributed by atoms with Crippen molar-refractivity contribution >= 4 is 28.2 Å². The van der Waals surface area contributed by atoms with Gasteiger partial charge in [0.15, 0.2) is 0 Å². The molecule has 33 heavy (non-hydrogen) atoms. The van der Waals surface area contributed by atoms with Crippen molar-refractivity contribution in [2.45, 2.75) is 19.1 Å². The number of hydrogen-bond acceptors (Lipinski definition) is 5. The maximum atomic E-state index is 14.7. The Morgan fingerprint density at radius 3 is 2.67 bits per heavy atom. The Hall–Kier alpha value is -3.40. The van der Waals surface area contributed by atoms with Gasteiger partial charge in [0.05, 0.1) is 30.3 Å². The number of halogens is 4. The summed E-state index contributed by atoms with van der Waals surface area (Å²) >= 11 is 0. The second-order valence-corrected chi connectivity index (χ2v) is 7.93. The lowest BCUT2D eigenvalue weighted by Crippen LogP contribution is -2.36. The number of alkyl halides is 3. The number of aromatic nitrogens is 3. The first-order chi connectivity index (χ1) is 15.8. The van der Waals surface area contributed by atoms with Crippen LogP contribution in [0, 0.1) is 5.82 Å². The van der Waals surface area contributed by atoms with E-state index in [-0.39, 0.29) is 5.56 Å². The topological polar surface area (TPSA) is 54.7 Å². The molecule has 6 nitrogen and oxygen atoms in total. The molecular weight excluding hydrogens is 438 g/mol. The summed E-state index contributed by atoms with van der Waals surface area (Å²) in [5.41, 5.74) is 0.429. The van der Waals surface area contributed by atoms with Gasteiger partial charge in [-0.3, -0.25) is 4.40 Å². The molecular formula is C23H21F4N5O. The molecule has 0 radical (unpaired) electrons. The van der Waals surface area contributed by atoms with E-state index in [0.29, 0.717) is 24.8 Å². The second-order valence-electron chi connectivity index (χ2n) is 7.93. The van der Waals surface area contributed by atoms with Crippen molar-refractivity contribution in [1.82, 2.24) is 14.4 Å². The summed E-state index contributed by atoms with van der Waals surface area (Å²) < 4.78 is 61.6. The molecule has 3 heterocycles. The fourth-order valence-electron chi connectivity index (χ4n) is 4.16. The van der Waals surface area contributed by atoms with Gasteiger partial charge in [0, 0.05) is 42.1 Å². The molecule has 10 heteroatoms. The summed E-state index contributed by atoms with van der Waals surface area (Å²) in [6, 6.07) is 8.46. The van der Waals surface area contributed by atoms with Crippen LogP contribution >= 0.6 is 0 Å². The lowest BCUT2D eigenvalue weighted by Gasteiger charge is -2.29.